The van der Waals surface area contributed by atoms with Crippen LogP contribution in [0.3, 0.4) is 0 Å². The van der Waals surface area contributed by atoms with E-state index < -0.39 is 0 Å². The molecular formula is C11H15NO2. The molecule has 1 rings (SSSR count). The van der Waals surface area contributed by atoms with Crippen molar-refractivity contribution < 1.29 is 9.53 Å². The maximum atomic E-state index is 11.8. The lowest BCUT2D eigenvalue weighted by atomic mass is 9.87. The number of hydrogen-bond donors (Lipinski definition) is 0. The number of ketones is 1. The van der Waals surface area contributed by atoms with Crippen LogP contribution in [0, 0.1) is 5.41 Å². The summed E-state index contributed by atoms with van der Waals surface area (Å²) in [5, 5.41) is 0. The van der Waals surface area contributed by atoms with Crippen LogP contribution in [0.25, 0.3) is 0 Å². The number of pyridine rings is 1. The lowest BCUT2D eigenvalue weighted by Gasteiger charge is -2.16. The molecule has 0 atom stereocenters. The SMILES string of the molecule is COc1cncc(C(=O)C(C)(C)C)c1. The molecule has 76 valence electrons. The molecule has 0 aromatic carbocycles. The molecule has 0 saturated carbocycles. The minimum atomic E-state index is -0.381. The Bertz CT molecular complexity index is 339. The number of nitrogens with zero attached hydrogens (tertiary/aromatic N) is 1. The van der Waals surface area contributed by atoms with Gasteiger partial charge in [0.2, 0.25) is 0 Å². The quantitative estimate of drug-likeness (QED) is 0.676. The van der Waals surface area contributed by atoms with Crippen LogP contribution in [0.5, 0.6) is 5.75 Å². The van der Waals surface area contributed by atoms with E-state index in [2.05, 4.69) is 4.98 Å². The predicted molar refractivity (Wildman–Crippen MR) is 54.6 cm³/mol. The van der Waals surface area contributed by atoms with Crippen LogP contribution in [0.2, 0.25) is 0 Å². The van der Waals surface area contributed by atoms with Crippen LogP contribution in [-0.4, -0.2) is 17.9 Å². The first-order valence-electron chi connectivity index (χ1n) is 4.49. The summed E-state index contributed by atoms with van der Waals surface area (Å²) < 4.78 is 5.00. The number of carbonyl (C=O) groups excluding carboxylic acids is 1. The summed E-state index contributed by atoms with van der Waals surface area (Å²) >= 11 is 0. The molecule has 0 fully saturated rings. The van der Waals surface area contributed by atoms with Gasteiger partial charge in [-0.3, -0.25) is 9.78 Å². The fourth-order valence-corrected chi connectivity index (χ4v) is 1.09. The van der Waals surface area contributed by atoms with Crippen molar-refractivity contribution in [3.05, 3.63) is 24.0 Å². The molecule has 14 heavy (non-hydrogen) atoms. The van der Waals surface area contributed by atoms with Crippen molar-refractivity contribution in [2.24, 2.45) is 5.41 Å². The summed E-state index contributed by atoms with van der Waals surface area (Å²) in [5.74, 6) is 0.684. The normalized spacial score (nSPS) is 11.1. The second-order valence-corrected chi connectivity index (χ2v) is 4.19. The van der Waals surface area contributed by atoms with Gasteiger partial charge in [-0.15, -0.1) is 0 Å². The molecule has 1 aromatic rings. The summed E-state index contributed by atoms with van der Waals surface area (Å²) in [4.78, 5) is 15.8. The van der Waals surface area contributed by atoms with E-state index in [0.29, 0.717) is 11.3 Å². The zero-order valence-corrected chi connectivity index (χ0v) is 9.00. The van der Waals surface area contributed by atoms with E-state index in [-0.39, 0.29) is 11.2 Å². The molecular weight excluding hydrogens is 178 g/mol. The van der Waals surface area contributed by atoms with Crippen molar-refractivity contribution in [2.45, 2.75) is 20.8 Å². The summed E-state index contributed by atoms with van der Waals surface area (Å²) in [7, 11) is 1.56. The van der Waals surface area contributed by atoms with Gasteiger partial charge in [-0.2, -0.15) is 0 Å². The van der Waals surface area contributed by atoms with Crippen LogP contribution in [0.4, 0.5) is 0 Å². The van der Waals surface area contributed by atoms with E-state index >= 15 is 0 Å². The fraction of sp³-hybridized carbons (Fsp3) is 0.455. The van der Waals surface area contributed by atoms with Gasteiger partial charge in [0.1, 0.15) is 5.75 Å². The van der Waals surface area contributed by atoms with Gasteiger partial charge < -0.3 is 4.74 Å². The predicted octanol–water partition coefficient (Wildman–Crippen LogP) is 2.32. The molecule has 0 aliphatic rings. The van der Waals surface area contributed by atoms with E-state index in [0.717, 1.165) is 0 Å². The highest BCUT2D eigenvalue weighted by Crippen LogP contribution is 2.22. The summed E-state index contributed by atoms with van der Waals surface area (Å²) in [6.45, 7) is 5.65. The Labute approximate surface area is 84.1 Å². The molecule has 3 heteroatoms. The zero-order valence-electron chi connectivity index (χ0n) is 9.00. The van der Waals surface area contributed by atoms with Crippen molar-refractivity contribution in [1.29, 1.82) is 0 Å². The minimum absolute atomic E-state index is 0.0731. The Morgan fingerprint density at radius 3 is 2.50 bits per heavy atom. The molecule has 0 aliphatic heterocycles. The number of rotatable bonds is 2. The average molecular weight is 193 g/mol. The van der Waals surface area contributed by atoms with Crippen molar-refractivity contribution in [2.75, 3.05) is 7.11 Å². The number of aromatic nitrogens is 1. The maximum Gasteiger partial charge on any atom is 0.169 e. The Morgan fingerprint density at radius 2 is 2.00 bits per heavy atom. The summed E-state index contributed by atoms with van der Waals surface area (Å²) in [5.41, 5.74) is 0.213. The molecule has 0 spiro atoms. The van der Waals surface area contributed by atoms with Gasteiger partial charge in [0.15, 0.2) is 5.78 Å². The summed E-state index contributed by atoms with van der Waals surface area (Å²) in [6, 6.07) is 1.71. The molecule has 0 N–H and O–H groups in total. The number of methoxy groups -OCH3 is 1. The summed E-state index contributed by atoms with van der Waals surface area (Å²) in [6.07, 6.45) is 3.15. The maximum absolute atomic E-state index is 11.8. The van der Waals surface area contributed by atoms with Crippen molar-refractivity contribution in [3.63, 3.8) is 0 Å². The van der Waals surface area contributed by atoms with Crippen LogP contribution in [0.1, 0.15) is 31.1 Å². The first-order valence-corrected chi connectivity index (χ1v) is 4.49. The van der Waals surface area contributed by atoms with E-state index in [1.54, 1.807) is 25.6 Å². The third-order valence-electron chi connectivity index (χ3n) is 1.89. The van der Waals surface area contributed by atoms with Crippen molar-refractivity contribution in [1.82, 2.24) is 4.98 Å². The third-order valence-corrected chi connectivity index (χ3v) is 1.89. The highest BCUT2D eigenvalue weighted by molar-refractivity contribution is 5.99. The van der Waals surface area contributed by atoms with Gasteiger partial charge in [0, 0.05) is 17.2 Å². The first-order chi connectivity index (χ1) is 6.45. The van der Waals surface area contributed by atoms with Gasteiger partial charge in [0.05, 0.1) is 13.3 Å². The Balaban J connectivity index is 3.02. The molecule has 0 amide bonds. The second-order valence-electron chi connectivity index (χ2n) is 4.19. The lowest BCUT2D eigenvalue weighted by Crippen LogP contribution is -2.20. The molecule has 0 saturated heterocycles. The molecule has 3 nitrogen and oxygen atoms in total. The van der Waals surface area contributed by atoms with Gasteiger partial charge in [0.25, 0.3) is 0 Å². The Kier molecular flexibility index (Phi) is 2.89. The van der Waals surface area contributed by atoms with Gasteiger partial charge in [-0.25, -0.2) is 0 Å². The van der Waals surface area contributed by atoms with E-state index in [4.69, 9.17) is 4.74 Å². The smallest absolute Gasteiger partial charge is 0.169 e. The number of carbonyl (C=O) groups is 1. The lowest BCUT2D eigenvalue weighted by molar-refractivity contribution is 0.0857. The molecule has 0 radical (unpaired) electrons. The van der Waals surface area contributed by atoms with Gasteiger partial charge in [-0.1, -0.05) is 20.8 Å². The average Bonchev–Trinajstić information content (AvgIpc) is 2.15. The van der Waals surface area contributed by atoms with E-state index in [9.17, 15) is 4.79 Å². The fourth-order valence-electron chi connectivity index (χ4n) is 1.09. The number of Topliss-reactive ketones (excluding diaryl/α,β-unsaturated/α-hetero) is 1. The number of hydrogen-bond acceptors (Lipinski definition) is 3. The van der Waals surface area contributed by atoms with Crippen molar-refractivity contribution >= 4 is 5.78 Å². The van der Waals surface area contributed by atoms with E-state index in [1.807, 2.05) is 20.8 Å². The van der Waals surface area contributed by atoms with Gasteiger partial charge >= 0.3 is 0 Å². The van der Waals surface area contributed by atoms with Crippen molar-refractivity contribution in [3.8, 4) is 5.75 Å². The minimum Gasteiger partial charge on any atom is -0.495 e. The monoisotopic (exact) mass is 193 g/mol. The number of ether oxygens (including phenoxy) is 1. The molecule has 0 aliphatic carbocycles. The van der Waals surface area contributed by atoms with Crippen LogP contribution < -0.4 is 4.74 Å². The van der Waals surface area contributed by atoms with Gasteiger partial charge in [-0.05, 0) is 6.07 Å². The van der Waals surface area contributed by atoms with Crippen LogP contribution >= 0.6 is 0 Å². The van der Waals surface area contributed by atoms with E-state index in [1.165, 1.54) is 0 Å². The largest absolute Gasteiger partial charge is 0.495 e. The molecule has 0 bridgehead atoms. The Hall–Kier alpha value is -1.38. The topological polar surface area (TPSA) is 39.2 Å². The molecule has 1 heterocycles. The Morgan fingerprint density at radius 1 is 1.36 bits per heavy atom. The second kappa shape index (κ2) is 3.78. The van der Waals surface area contributed by atoms with Crippen LogP contribution in [0.15, 0.2) is 18.5 Å². The van der Waals surface area contributed by atoms with Crippen LogP contribution in [-0.2, 0) is 0 Å². The molecule has 1 aromatic heterocycles. The molecule has 0 unspecified atom stereocenters. The first kappa shape index (κ1) is 10.7. The zero-order chi connectivity index (χ0) is 10.8. The highest BCUT2D eigenvalue weighted by atomic mass is 16.5. The highest BCUT2D eigenvalue weighted by Gasteiger charge is 2.23. The third kappa shape index (κ3) is 2.31. The standard InChI is InChI=1S/C11H15NO2/c1-11(2,3)10(13)8-5-9(14-4)7-12-6-8/h5-7H,1-4H3.